The molecule has 0 bridgehead atoms. The van der Waals surface area contributed by atoms with E-state index in [-0.39, 0.29) is 9.79 Å². The molecule has 2 N–H and O–H groups in total. The Hall–Kier alpha value is -2.89. The van der Waals surface area contributed by atoms with Gasteiger partial charge in [0.15, 0.2) is 0 Å². The Morgan fingerprint density at radius 1 is 0.667 bits per heavy atom. The Balaban J connectivity index is 1.52. The maximum Gasteiger partial charge on any atom is 0.209 e. The maximum absolute atomic E-state index is 12.8. The summed E-state index contributed by atoms with van der Waals surface area (Å²) in [4.78, 5) is 0.435. The molecule has 0 atom stereocenters. The summed E-state index contributed by atoms with van der Waals surface area (Å²) in [6, 6.07) is 13.0. The molecule has 2 aromatic carbocycles. The van der Waals surface area contributed by atoms with Crippen LogP contribution in [0.3, 0.4) is 0 Å². The summed E-state index contributed by atoms with van der Waals surface area (Å²) in [6.45, 7) is 0. The quantitative estimate of drug-likeness (QED) is 0.489. The number of nitrogens with one attached hydrogen (secondary N) is 2. The van der Waals surface area contributed by atoms with Crippen LogP contribution in [0.4, 0.5) is 21.6 Å². The molecule has 0 radical (unpaired) electrons. The Labute approximate surface area is 162 Å². The topological polar surface area (TPSA) is 110 Å². The van der Waals surface area contributed by atoms with Crippen molar-refractivity contribution in [1.82, 2.24) is 20.4 Å². The van der Waals surface area contributed by atoms with Crippen LogP contribution in [0.5, 0.6) is 0 Å². The van der Waals surface area contributed by atoms with Crippen LogP contribution in [0.25, 0.3) is 0 Å². The van der Waals surface area contributed by atoms with Crippen LogP contribution in [0, 0.1) is 0 Å². The summed E-state index contributed by atoms with van der Waals surface area (Å²) in [5, 5.41) is 22.7. The monoisotopic (exact) mass is 416 g/mol. The zero-order valence-corrected chi connectivity index (χ0v) is 16.1. The van der Waals surface area contributed by atoms with Gasteiger partial charge in [-0.05, 0) is 48.5 Å². The Bertz CT molecular complexity index is 1020. The van der Waals surface area contributed by atoms with E-state index in [1.165, 1.54) is 22.7 Å². The smallest absolute Gasteiger partial charge is 0.209 e. The Kier molecular flexibility index (Phi) is 4.79. The molecule has 136 valence electrons. The number of aromatic nitrogens is 4. The normalized spacial score (nSPS) is 11.3. The number of rotatable bonds is 6. The highest BCUT2D eigenvalue weighted by molar-refractivity contribution is 7.91. The summed E-state index contributed by atoms with van der Waals surface area (Å²) in [7, 11) is -3.60. The lowest BCUT2D eigenvalue weighted by atomic mass is 10.3. The van der Waals surface area contributed by atoms with Crippen LogP contribution in [0.2, 0.25) is 0 Å². The van der Waals surface area contributed by atoms with Crippen molar-refractivity contribution in [1.29, 1.82) is 0 Å². The van der Waals surface area contributed by atoms with E-state index in [2.05, 4.69) is 31.0 Å². The van der Waals surface area contributed by atoms with Crippen molar-refractivity contribution in [3.8, 4) is 0 Å². The second-order valence-corrected chi connectivity index (χ2v) is 8.91. The number of hydrogen-bond acceptors (Lipinski definition) is 10. The van der Waals surface area contributed by atoms with Gasteiger partial charge in [0.2, 0.25) is 20.1 Å². The molecule has 0 aliphatic rings. The minimum atomic E-state index is -3.60. The van der Waals surface area contributed by atoms with Crippen molar-refractivity contribution in [2.24, 2.45) is 0 Å². The second-order valence-electron chi connectivity index (χ2n) is 5.29. The third-order valence-corrected chi connectivity index (χ3v) is 6.55. The summed E-state index contributed by atoms with van der Waals surface area (Å²) < 4.78 is 25.6. The largest absolute Gasteiger partial charge is 0.330 e. The molecule has 0 unspecified atom stereocenters. The minimum absolute atomic E-state index is 0.218. The van der Waals surface area contributed by atoms with Gasteiger partial charge in [-0.1, -0.05) is 22.7 Å². The van der Waals surface area contributed by atoms with Crippen molar-refractivity contribution >= 4 is 54.1 Å². The maximum atomic E-state index is 12.8. The van der Waals surface area contributed by atoms with E-state index in [1.807, 2.05) is 0 Å². The minimum Gasteiger partial charge on any atom is -0.330 e. The van der Waals surface area contributed by atoms with Crippen molar-refractivity contribution in [2.75, 3.05) is 10.6 Å². The zero-order chi connectivity index (χ0) is 18.7. The first-order valence-electron chi connectivity index (χ1n) is 7.63. The molecule has 4 aromatic rings. The molecular formula is C16H12N6O2S3. The first-order valence-corrected chi connectivity index (χ1v) is 10.9. The van der Waals surface area contributed by atoms with Crippen molar-refractivity contribution in [2.45, 2.75) is 9.79 Å². The Morgan fingerprint density at radius 2 is 1.07 bits per heavy atom. The molecule has 0 amide bonds. The van der Waals surface area contributed by atoms with Gasteiger partial charge in [0, 0.05) is 11.4 Å². The van der Waals surface area contributed by atoms with Crippen LogP contribution in [0.15, 0.2) is 69.3 Å². The third-order valence-electron chi connectivity index (χ3n) is 3.55. The van der Waals surface area contributed by atoms with Gasteiger partial charge in [-0.15, -0.1) is 20.4 Å². The molecule has 0 saturated carbocycles. The average Bonchev–Trinajstić information content (AvgIpc) is 3.37. The molecule has 0 aliphatic heterocycles. The van der Waals surface area contributed by atoms with E-state index in [0.29, 0.717) is 10.3 Å². The molecule has 0 saturated heterocycles. The fraction of sp³-hybridized carbons (Fsp3) is 0. The van der Waals surface area contributed by atoms with E-state index in [0.717, 1.165) is 11.4 Å². The van der Waals surface area contributed by atoms with Crippen molar-refractivity contribution in [3.05, 3.63) is 59.6 Å². The highest BCUT2D eigenvalue weighted by Gasteiger charge is 2.17. The first-order chi connectivity index (χ1) is 13.1. The van der Waals surface area contributed by atoms with Gasteiger partial charge in [-0.2, -0.15) is 0 Å². The molecule has 2 aromatic heterocycles. The predicted molar refractivity (Wildman–Crippen MR) is 105 cm³/mol. The fourth-order valence-electron chi connectivity index (χ4n) is 2.27. The molecule has 11 heteroatoms. The molecule has 0 fully saturated rings. The zero-order valence-electron chi connectivity index (χ0n) is 13.6. The van der Waals surface area contributed by atoms with Gasteiger partial charge >= 0.3 is 0 Å². The van der Waals surface area contributed by atoms with Crippen LogP contribution >= 0.6 is 22.7 Å². The lowest BCUT2D eigenvalue weighted by Crippen LogP contribution is -2.02. The second kappa shape index (κ2) is 7.39. The number of anilines is 4. The standard InChI is InChI=1S/C16H12N6O2S3/c23-27(24,13-5-1-11(2-6-13)19-15-21-17-9-25-15)14-7-3-12(4-8-14)20-16-22-18-10-26-16/h1-10H,(H,19,21)(H,20,22). The van der Waals surface area contributed by atoms with E-state index in [9.17, 15) is 8.42 Å². The number of nitrogens with zero attached hydrogens (tertiary/aromatic N) is 4. The lowest BCUT2D eigenvalue weighted by molar-refractivity contribution is 0.596. The van der Waals surface area contributed by atoms with Crippen LogP contribution in [0.1, 0.15) is 0 Å². The van der Waals surface area contributed by atoms with Gasteiger partial charge in [-0.3, -0.25) is 0 Å². The molecule has 2 heterocycles. The van der Waals surface area contributed by atoms with Crippen LogP contribution < -0.4 is 10.6 Å². The summed E-state index contributed by atoms with van der Waals surface area (Å²) in [6.07, 6.45) is 0. The lowest BCUT2D eigenvalue weighted by Gasteiger charge is -2.08. The SMILES string of the molecule is O=S(=O)(c1ccc(Nc2nncs2)cc1)c1ccc(Nc2nncs2)cc1. The fourth-order valence-corrected chi connectivity index (χ4v) is 4.46. The highest BCUT2D eigenvalue weighted by Crippen LogP contribution is 2.26. The van der Waals surface area contributed by atoms with Gasteiger partial charge < -0.3 is 10.6 Å². The van der Waals surface area contributed by atoms with Crippen LogP contribution in [-0.2, 0) is 9.84 Å². The van der Waals surface area contributed by atoms with Crippen LogP contribution in [-0.4, -0.2) is 28.8 Å². The molecule has 0 spiro atoms. The Morgan fingerprint density at radius 3 is 1.41 bits per heavy atom. The highest BCUT2D eigenvalue weighted by atomic mass is 32.2. The summed E-state index contributed by atoms with van der Waals surface area (Å²) in [5.41, 5.74) is 4.71. The third kappa shape index (κ3) is 3.94. The summed E-state index contributed by atoms with van der Waals surface area (Å²) >= 11 is 2.72. The molecular weight excluding hydrogens is 404 g/mol. The average molecular weight is 417 g/mol. The van der Waals surface area contributed by atoms with Crippen molar-refractivity contribution < 1.29 is 8.42 Å². The molecule has 0 aliphatic carbocycles. The number of benzene rings is 2. The number of hydrogen-bond donors (Lipinski definition) is 2. The van der Waals surface area contributed by atoms with Gasteiger partial charge in [0.1, 0.15) is 11.0 Å². The molecule has 8 nitrogen and oxygen atoms in total. The first kappa shape index (κ1) is 17.5. The van der Waals surface area contributed by atoms with E-state index < -0.39 is 9.84 Å². The summed E-state index contributed by atoms with van der Waals surface area (Å²) in [5.74, 6) is 0. The molecule has 27 heavy (non-hydrogen) atoms. The van der Waals surface area contributed by atoms with Crippen molar-refractivity contribution in [3.63, 3.8) is 0 Å². The van der Waals surface area contributed by atoms with E-state index >= 15 is 0 Å². The van der Waals surface area contributed by atoms with E-state index in [4.69, 9.17) is 0 Å². The number of sulfone groups is 1. The van der Waals surface area contributed by atoms with E-state index in [1.54, 1.807) is 59.6 Å². The molecule has 4 rings (SSSR count). The predicted octanol–water partition coefficient (Wildman–Crippen LogP) is 3.71. The van der Waals surface area contributed by atoms with Gasteiger partial charge in [0.25, 0.3) is 0 Å². The van der Waals surface area contributed by atoms with Gasteiger partial charge in [-0.25, -0.2) is 8.42 Å². The van der Waals surface area contributed by atoms with Gasteiger partial charge in [0.05, 0.1) is 9.79 Å².